The van der Waals surface area contributed by atoms with Crippen LogP contribution in [0.25, 0.3) is 0 Å². The molecule has 1 saturated heterocycles. The van der Waals surface area contributed by atoms with Crippen LogP contribution in [0.3, 0.4) is 0 Å². The molecule has 3 atom stereocenters. The van der Waals surface area contributed by atoms with E-state index < -0.39 is 0 Å². The molecule has 0 bridgehead atoms. The Morgan fingerprint density at radius 1 is 1.39 bits per heavy atom. The number of piperidine rings is 1. The molecular weight excluding hydrogens is 328 g/mol. The standard InChI is InChI=1S/C18H21ClN2OS/c1-11-3-4-14(10-20-11)15-9-18(8-12(2)21-15)17-13(5-6-22-18)7-16(19)23-17/h3-4,7,10,12,15,21H,5-6,8-9H2,1-2H3. The molecule has 0 saturated carbocycles. The summed E-state index contributed by atoms with van der Waals surface area (Å²) in [4.78, 5) is 5.80. The van der Waals surface area contributed by atoms with E-state index in [1.807, 2.05) is 13.1 Å². The maximum atomic E-state index is 6.38. The van der Waals surface area contributed by atoms with E-state index in [1.54, 1.807) is 11.3 Å². The monoisotopic (exact) mass is 348 g/mol. The zero-order chi connectivity index (χ0) is 16.0. The van der Waals surface area contributed by atoms with Crippen LogP contribution in [0.2, 0.25) is 4.34 Å². The predicted molar refractivity (Wildman–Crippen MR) is 94.2 cm³/mol. The molecule has 0 amide bonds. The summed E-state index contributed by atoms with van der Waals surface area (Å²) in [6, 6.07) is 7.04. The fourth-order valence-corrected chi connectivity index (χ4v) is 5.42. The molecule has 1 N–H and O–H groups in total. The normalized spacial score (nSPS) is 30.4. The number of aromatic nitrogens is 1. The van der Waals surface area contributed by atoms with Crippen LogP contribution < -0.4 is 5.32 Å². The first-order valence-electron chi connectivity index (χ1n) is 8.17. The Morgan fingerprint density at radius 3 is 3.04 bits per heavy atom. The zero-order valence-corrected chi connectivity index (χ0v) is 15.0. The van der Waals surface area contributed by atoms with Gasteiger partial charge in [0.1, 0.15) is 5.60 Å². The Morgan fingerprint density at radius 2 is 2.26 bits per heavy atom. The molecule has 1 fully saturated rings. The van der Waals surface area contributed by atoms with Crippen molar-refractivity contribution in [1.82, 2.24) is 10.3 Å². The van der Waals surface area contributed by atoms with E-state index in [9.17, 15) is 0 Å². The van der Waals surface area contributed by atoms with E-state index in [0.717, 1.165) is 35.9 Å². The summed E-state index contributed by atoms with van der Waals surface area (Å²) in [5, 5.41) is 3.71. The third-order valence-corrected chi connectivity index (χ3v) is 6.43. The van der Waals surface area contributed by atoms with Crippen molar-refractivity contribution in [2.45, 2.75) is 50.8 Å². The lowest BCUT2D eigenvalue weighted by Gasteiger charge is -2.46. The molecular formula is C18H21ClN2OS. The van der Waals surface area contributed by atoms with E-state index in [2.05, 4.69) is 35.4 Å². The number of thiophene rings is 1. The van der Waals surface area contributed by atoms with Crippen molar-refractivity contribution in [2.24, 2.45) is 0 Å². The molecule has 2 aromatic rings. The number of nitrogens with one attached hydrogen (secondary N) is 1. The van der Waals surface area contributed by atoms with Gasteiger partial charge in [-0.3, -0.25) is 4.98 Å². The number of pyridine rings is 1. The van der Waals surface area contributed by atoms with E-state index in [1.165, 1.54) is 16.0 Å². The van der Waals surface area contributed by atoms with Crippen LogP contribution in [0.1, 0.15) is 47.5 Å². The highest BCUT2D eigenvalue weighted by molar-refractivity contribution is 7.16. The quantitative estimate of drug-likeness (QED) is 0.830. The molecule has 23 heavy (non-hydrogen) atoms. The van der Waals surface area contributed by atoms with Crippen LogP contribution in [-0.2, 0) is 16.8 Å². The molecule has 2 aliphatic heterocycles. The van der Waals surface area contributed by atoms with Gasteiger partial charge in [-0.2, -0.15) is 0 Å². The van der Waals surface area contributed by atoms with Crippen molar-refractivity contribution >= 4 is 22.9 Å². The molecule has 5 heteroatoms. The van der Waals surface area contributed by atoms with Gasteiger partial charge in [0.25, 0.3) is 0 Å². The van der Waals surface area contributed by atoms with Gasteiger partial charge in [0.2, 0.25) is 0 Å². The Bertz CT molecular complexity index is 714. The summed E-state index contributed by atoms with van der Waals surface area (Å²) in [6.45, 7) is 5.04. The third-order valence-electron chi connectivity index (χ3n) is 4.93. The minimum atomic E-state index is -0.203. The lowest BCUT2D eigenvalue weighted by molar-refractivity contribution is -0.0954. The molecule has 2 aliphatic rings. The van der Waals surface area contributed by atoms with Gasteiger partial charge in [-0.1, -0.05) is 17.7 Å². The lowest BCUT2D eigenvalue weighted by atomic mass is 9.78. The van der Waals surface area contributed by atoms with Crippen LogP contribution in [-0.4, -0.2) is 17.6 Å². The van der Waals surface area contributed by atoms with Gasteiger partial charge in [0, 0.05) is 35.3 Å². The number of hydrogen-bond donors (Lipinski definition) is 1. The predicted octanol–water partition coefficient (Wildman–Crippen LogP) is 4.39. The second-order valence-corrected chi connectivity index (χ2v) is 8.44. The van der Waals surface area contributed by atoms with Gasteiger partial charge in [0.05, 0.1) is 10.9 Å². The number of hydrogen-bond acceptors (Lipinski definition) is 4. The van der Waals surface area contributed by atoms with Gasteiger partial charge in [-0.05, 0) is 49.9 Å². The highest BCUT2D eigenvalue weighted by Crippen LogP contribution is 2.49. The average molecular weight is 349 g/mol. The number of ether oxygens (including phenoxy) is 1. The molecule has 3 unspecified atom stereocenters. The molecule has 0 aromatic carbocycles. The maximum Gasteiger partial charge on any atom is 0.106 e. The van der Waals surface area contributed by atoms with Crippen LogP contribution >= 0.6 is 22.9 Å². The molecule has 3 nitrogen and oxygen atoms in total. The minimum Gasteiger partial charge on any atom is -0.369 e. The summed E-state index contributed by atoms with van der Waals surface area (Å²) >= 11 is 7.99. The minimum absolute atomic E-state index is 0.203. The first-order valence-corrected chi connectivity index (χ1v) is 9.36. The third kappa shape index (κ3) is 2.82. The maximum absolute atomic E-state index is 6.38. The highest BCUT2D eigenvalue weighted by atomic mass is 35.5. The molecule has 1 spiro atoms. The van der Waals surface area contributed by atoms with Gasteiger partial charge >= 0.3 is 0 Å². The highest BCUT2D eigenvalue weighted by Gasteiger charge is 2.46. The summed E-state index contributed by atoms with van der Waals surface area (Å²) in [5.74, 6) is 0. The van der Waals surface area contributed by atoms with E-state index in [4.69, 9.17) is 16.3 Å². The van der Waals surface area contributed by atoms with E-state index >= 15 is 0 Å². The van der Waals surface area contributed by atoms with Crippen molar-refractivity contribution < 1.29 is 4.74 Å². The Hall–Kier alpha value is -0.940. The summed E-state index contributed by atoms with van der Waals surface area (Å²) in [7, 11) is 0. The van der Waals surface area contributed by atoms with Crippen molar-refractivity contribution in [2.75, 3.05) is 6.61 Å². The number of fused-ring (bicyclic) bond motifs is 2. The van der Waals surface area contributed by atoms with E-state index in [-0.39, 0.29) is 11.6 Å². The Labute approximate surface area is 146 Å². The summed E-state index contributed by atoms with van der Waals surface area (Å²) < 4.78 is 7.26. The van der Waals surface area contributed by atoms with Crippen molar-refractivity contribution in [3.05, 3.63) is 50.4 Å². The van der Waals surface area contributed by atoms with Crippen molar-refractivity contribution in [3.8, 4) is 0 Å². The van der Waals surface area contributed by atoms with Gasteiger partial charge in [-0.25, -0.2) is 0 Å². The second-order valence-electron chi connectivity index (χ2n) is 6.76. The molecule has 4 rings (SSSR count). The zero-order valence-electron chi connectivity index (χ0n) is 13.4. The van der Waals surface area contributed by atoms with E-state index in [0.29, 0.717) is 6.04 Å². The number of aryl methyl sites for hydroxylation is 1. The van der Waals surface area contributed by atoms with Crippen LogP contribution in [0, 0.1) is 6.92 Å². The van der Waals surface area contributed by atoms with Crippen LogP contribution in [0.5, 0.6) is 0 Å². The average Bonchev–Trinajstić information content (AvgIpc) is 2.90. The summed E-state index contributed by atoms with van der Waals surface area (Å²) in [5.41, 5.74) is 3.46. The molecule has 2 aromatic heterocycles. The molecule has 4 heterocycles. The topological polar surface area (TPSA) is 34.1 Å². The van der Waals surface area contributed by atoms with Gasteiger partial charge in [0.15, 0.2) is 0 Å². The molecule has 0 radical (unpaired) electrons. The van der Waals surface area contributed by atoms with Gasteiger partial charge < -0.3 is 10.1 Å². The SMILES string of the molecule is Cc1ccc(C2CC3(CC(C)N2)OCCc2cc(Cl)sc23)cn1. The lowest BCUT2D eigenvalue weighted by Crippen LogP contribution is -2.49. The smallest absolute Gasteiger partial charge is 0.106 e. The second kappa shape index (κ2) is 5.85. The largest absolute Gasteiger partial charge is 0.369 e. The number of rotatable bonds is 1. The molecule has 122 valence electrons. The fraction of sp³-hybridized carbons (Fsp3) is 0.500. The fourth-order valence-electron chi connectivity index (χ4n) is 3.96. The Balaban J connectivity index is 1.71. The number of halogens is 1. The van der Waals surface area contributed by atoms with Crippen LogP contribution in [0.15, 0.2) is 24.4 Å². The van der Waals surface area contributed by atoms with Crippen LogP contribution in [0.4, 0.5) is 0 Å². The summed E-state index contributed by atoms with van der Waals surface area (Å²) in [6.07, 6.45) is 4.89. The first-order chi connectivity index (χ1) is 11.1. The number of nitrogens with zero attached hydrogens (tertiary/aromatic N) is 1. The van der Waals surface area contributed by atoms with Crippen molar-refractivity contribution in [1.29, 1.82) is 0 Å². The van der Waals surface area contributed by atoms with Crippen molar-refractivity contribution in [3.63, 3.8) is 0 Å². The van der Waals surface area contributed by atoms with Gasteiger partial charge in [-0.15, -0.1) is 11.3 Å². The first kappa shape index (κ1) is 15.6. The Kier molecular flexibility index (Phi) is 3.96. The molecule has 0 aliphatic carbocycles.